The first-order valence-electron chi connectivity index (χ1n) is 6.79. The van der Waals surface area contributed by atoms with Crippen molar-refractivity contribution in [2.24, 2.45) is 5.92 Å². The zero-order valence-corrected chi connectivity index (χ0v) is 13.6. The maximum atomic E-state index is 11.7. The molecule has 1 aliphatic rings. The fourth-order valence-electron chi connectivity index (χ4n) is 2.38. The van der Waals surface area contributed by atoms with Crippen molar-refractivity contribution in [3.8, 4) is 0 Å². The number of hydrogen-bond donors (Lipinski definition) is 2. The van der Waals surface area contributed by atoms with Gasteiger partial charge in [0.25, 0.3) is 0 Å². The van der Waals surface area contributed by atoms with Gasteiger partial charge in [0.05, 0.1) is 0 Å². The average Bonchev–Trinajstić information content (AvgIpc) is 2.73. The summed E-state index contributed by atoms with van der Waals surface area (Å²) in [7, 11) is -3.34. The molecule has 0 bridgehead atoms. The van der Waals surface area contributed by atoms with E-state index in [0.717, 1.165) is 43.3 Å². The van der Waals surface area contributed by atoms with Gasteiger partial charge < -0.3 is 16.0 Å². The first-order chi connectivity index (χ1) is 9.38. The molecule has 0 spiro atoms. The van der Waals surface area contributed by atoms with Crippen molar-refractivity contribution < 1.29 is 8.42 Å². The molecule has 0 saturated carbocycles. The van der Waals surface area contributed by atoms with Crippen molar-refractivity contribution in [3.05, 3.63) is 0 Å². The van der Waals surface area contributed by atoms with Crippen LogP contribution in [0.1, 0.15) is 19.8 Å². The van der Waals surface area contributed by atoms with Crippen LogP contribution in [-0.2, 0) is 9.84 Å². The SMILES string of the molecule is CC1CCN(CCNc2snc(N)c2S(C)(=O)=O)CC1. The third kappa shape index (κ3) is 3.83. The lowest BCUT2D eigenvalue weighted by molar-refractivity contribution is 0.199. The molecule has 0 unspecified atom stereocenters. The van der Waals surface area contributed by atoms with Crippen LogP contribution in [0.15, 0.2) is 4.90 Å². The van der Waals surface area contributed by atoms with E-state index in [0.29, 0.717) is 11.5 Å². The van der Waals surface area contributed by atoms with Gasteiger partial charge in [-0.15, -0.1) is 0 Å². The Morgan fingerprint density at radius 2 is 2.10 bits per heavy atom. The predicted octanol–water partition coefficient (Wildman–Crippen LogP) is 1.27. The molecule has 0 amide bonds. The van der Waals surface area contributed by atoms with Crippen LogP contribution in [0.4, 0.5) is 10.8 Å². The number of sulfone groups is 1. The number of rotatable bonds is 5. The summed E-state index contributed by atoms with van der Waals surface area (Å²) < 4.78 is 27.3. The monoisotopic (exact) mass is 318 g/mol. The maximum absolute atomic E-state index is 11.7. The molecule has 1 aromatic heterocycles. The van der Waals surface area contributed by atoms with Crippen molar-refractivity contribution in [3.63, 3.8) is 0 Å². The molecule has 114 valence electrons. The number of piperidine rings is 1. The zero-order chi connectivity index (χ0) is 14.8. The molecule has 2 rings (SSSR count). The molecule has 0 aliphatic carbocycles. The second kappa shape index (κ2) is 6.28. The summed E-state index contributed by atoms with van der Waals surface area (Å²) in [5.41, 5.74) is 5.63. The van der Waals surface area contributed by atoms with Crippen molar-refractivity contribution in [1.82, 2.24) is 9.27 Å². The second-order valence-corrected chi connectivity index (χ2v) is 8.18. The number of nitrogens with two attached hydrogens (primary N) is 1. The van der Waals surface area contributed by atoms with Gasteiger partial charge in [0.2, 0.25) is 0 Å². The van der Waals surface area contributed by atoms with Crippen molar-refractivity contribution in [1.29, 1.82) is 0 Å². The molecule has 3 N–H and O–H groups in total. The smallest absolute Gasteiger partial charge is 0.182 e. The lowest BCUT2D eigenvalue weighted by Gasteiger charge is -2.30. The second-order valence-electron chi connectivity index (χ2n) is 5.45. The van der Waals surface area contributed by atoms with Gasteiger partial charge in [0.15, 0.2) is 15.7 Å². The molecule has 6 nitrogen and oxygen atoms in total. The Kier molecular flexibility index (Phi) is 4.87. The highest BCUT2D eigenvalue weighted by Gasteiger charge is 2.21. The fraction of sp³-hybridized carbons (Fsp3) is 0.750. The van der Waals surface area contributed by atoms with Crippen LogP contribution < -0.4 is 11.1 Å². The number of hydrogen-bond acceptors (Lipinski definition) is 7. The fourth-order valence-corrected chi connectivity index (χ4v) is 4.47. The van der Waals surface area contributed by atoms with Gasteiger partial charge in [0.1, 0.15) is 9.90 Å². The number of aromatic nitrogens is 1. The number of nitrogens with zero attached hydrogens (tertiary/aromatic N) is 2. The van der Waals surface area contributed by atoms with E-state index in [1.807, 2.05) is 0 Å². The van der Waals surface area contributed by atoms with Gasteiger partial charge >= 0.3 is 0 Å². The highest BCUT2D eigenvalue weighted by molar-refractivity contribution is 7.91. The summed E-state index contributed by atoms with van der Waals surface area (Å²) in [5.74, 6) is 0.907. The molecule has 0 radical (unpaired) electrons. The molecule has 1 fully saturated rings. The van der Waals surface area contributed by atoms with Crippen LogP contribution in [0.25, 0.3) is 0 Å². The number of nitrogen functional groups attached to an aromatic ring is 1. The Morgan fingerprint density at radius 1 is 1.45 bits per heavy atom. The highest BCUT2D eigenvalue weighted by Crippen LogP contribution is 2.31. The quantitative estimate of drug-likeness (QED) is 0.850. The van der Waals surface area contributed by atoms with Gasteiger partial charge in [-0.1, -0.05) is 6.92 Å². The minimum Gasteiger partial charge on any atom is -0.382 e. The molecule has 1 aromatic rings. The first-order valence-corrected chi connectivity index (χ1v) is 9.46. The molecular weight excluding hydrogens is 296 g/mol. The first kappa shape index (κ1) is 15.5. The van der Waals surface area contributed by atoms with Gasteiger partial charge in [-0.3, -0.25) is 0 Å². The Balaban J connectivity index is 1.89. The highest BCUT2D eigenvalue weighted by atomic mass is 32.2. The van der Waals surface area contributed by atoms with E-state index in [2.05, 4.69) is 21.5 Å². The van der Waals surface area contributed by atoms with Crippen LogP contribution in [-0.4, -0.2) is 50.1 Å². The van der Waals surface area contributed by atoms with E-state index in [9.17, 15) is 8.42 Å². The molecule has 8 heteroatoms. The van der Waals surface area contributed by atoms with Gasteiger partial charge in [0, 0.05) is 19.3 Å². The molecular formula is C12H22N4O2S2. The summed E-state index contributed by atoms with van der Waals surface area (Å²) in [4.78, 5) is 2.53. The summed E-state index contributed by atoms with van der Waals surface area (Å²) in [5, 5.41) is 3.71. The minimum absolute atomic E-state index is 0.0896. The number of nitrogens with one attached hydrogen (secondary N) is 1. The number of likely N-dealkylation sites (tertiary alicyclic amines) is 1. The Labute approximate surface area is 124 Å². The lowest BCUT2D eigenvalue weighted by atomic mass is 9.99. The molecule has 2 heterocycles. The maximum Gasteiger partial charge on any atom is 0.182 e. The van der Waals surface area contributed by atoms with E-state index in [1.54, 1.807) is 0 Å². The molecule has 1 saturated heterocycles. The summed E-state index contributed by atoms with van der Waals surface area (Å²) >= 11 is 1.11. The topological polar surface area (TPSA) is 88.3 Å². The third-order valence-corrected chi connectivity index (χ3v) is 5.74. The molecule has 0 atom stereocenters. The standard InChI is InChI=1S/C12H22N4O2S2/c1-9-3-6-16(7-4-9)8-5-14-12-10(20(2,17)18)11(13)15-19-12/h9,14H,3-8H2,1-2H3,(H2,13,15). The Bertz CT molecular complexity index is 548. The Hall–Kier alpha value is -0.860. The van der Waals surface area contributed by atoms with Crippen molar-refractivity contribution >= 4 is 32.2 Å². The molecule has 0 aromatic carbocycles. The summed E-state index contributed by atoms with van der Waals surface area (Å²) in [6, 6.07) is 0. The Morgan fingerprint density at radius 3 is 2.70 bits per heavy atom. The van der Waals surface area contributed by atoms with Crippen LogP contribution in [0.2, 0.25) is 0 Å². The summed E-state index contributed by atoms with van der Waals surface area (Å²) in [6.07, 6.45) is 3.63. The van der Waals surface area contributed by atoms with E-state index in [4.69, 9.17) is 5.73 Å². The normalized spacial score (nSPS) is 18.3. The summed E-state index contributed by atoms with van der Waals surface area (Å²) in [6.45, 7) is 6.14. The van der Waals surface area contributed by atoms with E-state index < -0.39 is 9.84 Å². The van der Waals surface area contributed by atoms with Crippen LogP contribution in [0.5, 0.6) is 0 Å². The van der Waals surface area contributed by atoms with Gasteiger partial charge in [-0.05, 0) is 43.4 Å². The predicted molar refractivity (Wildman–Crippen MR) is 83.0 cm³/mol. The van der Waals surface area contributed by atoms with Gasteiger partial charge in [-0.25, -0.2) is 8.42 Å². The number of anilines is 2. The van der Waals surface area contributed by atoms with Crippen molar-refractivity contribution in [2.45, 2.75) is 24.7 Å². The average molecular weight is 318 g/mol. The van der Waals surface area contributed by atoms with Crippen molar-refractivity contribution in [2.75, 3.05) is 43.5 Å². The van der Waals surface area contributed by atoms with E-state index in [-0.39, 0.29) is 10.7 Å². The van der Waals surface area contributed by atoms with E-state index in [1.165, 1.54) is 12.8 Å². The van der Waals surface area contributed by atoms with Gasteiger partial charge in [-0.2, -0.15) is 4.37 Å². The largest absolute Gasteiger partial charge is 0.382 e. The van der Waals surface area contributed by atoms with Crippen LogP contribution >= 0.6 is 11.5 Å². The zero-order valence-electron chi connectivity index (χ0n) is 11.9. The third-order valence-electron chi connectivity index (χ3n) is 3.63. The molecule has 1 aliphatic heterocycles. The minimum atomic E-state index is -3.34. The van der Waals surface area contributed by atoms with Crippen LogP contribution in [0, 0.1) is 5.92 Å². The lowest BCUT2D eigenvalue weighted by Crippen LogP contribution is -2.36. The van der Waals surface area contributed by atoms with E-state index >= 15 is 0 Å². The van der Waals surface area contributed by atoms with Crippen LogP contribution in [0.3, 0.4) is 0 Å². The molecule has 20 heavy (non-hydrogen) atoms.